The predicted octanol–water partition coefficient (Wildman–Crippen LogP) is 2.92. The molecule has 2 fully saturated rings. The van der Waals surface area contributed by atoms with E-state index >= 15 is 0 Å². The first-order chi connectivity index (χ1) is 12.7. The van der Waals surface area contributed by atoms with Crippen LogP contribution in [0, 0.1) is 0 Å². The van der Waals surface area contributed by atoms with Gasteiger partial charge in [0, 0.05) is 57.4 Å². The van der Waals surface area contributed by atoms with Gasteiger partial charge in [-0.25, -0.2) is 0 Å². The SMILES string of the molecule is FC(F)Oc1ccc2ccccc2c1CN1CCC(N2CCNCC2)C1. The average Bonchev–Trinajstić information content (AvgIpc) is 3.13. The Balaban J connectivity index is 1.54. The standard InChI is InChI=1S/C20H25F2N3O/c21-20(22)26-19-6-5-15-3-1-2-4-17(15)18(19)14-24-10-7-16(13-24)25-11-8-23-9-12-25/h1-6,16,20,23H,7-14H2. The summed E-state index contributed by atoms with van der Waals surface area (Å²) in [5.41, 5.74) is 0.865. The first kappa shape index (κ1) is 17.6. The molecule has 0 saturated carbocycles. The monoisotopic (exact) mass is 361 g/mol. The van der Waals surface area contributed by atoms with E-state index in [1.165, 1.54) is 0 Å². The van der Waals surface area contributed by atoms with Gasteiger partial charge in [0.2, 0.25) is 0 Å². The van der Waals surface area contributed by atoms with Crippen molar-refractivity contribution in [2.24, 2.45) is 0 Å². The number of rotatable bonds is 5. The van der Waals surface area contributed by atoms with Crippen molar-refractivity contribution < 1.29 is 13.5 Å². The van der Waals surface area contributed by atoms with Gasteiger partial charge < -0.3 is 10.1 Å². The lowest BCUT2D eigenvalue weighted by Crippen LogP contribution is -2.49. The number of ether oxygens (including phenoxy) is 1. The lowest BCUT2D eigenvalue weighted by molar-refractivity contribution is -0.0506. The summed E-state index contributed by atoms with van der Waals surface area (Å²) >= 11 is 0. The van der Waals surface area contributed by atoms with E-state index in [-0.39, 0.29) is 0 Å². The van der Waals surface area contributed by atoms with Crippen molar-refractivity contribution in [3.8, 4) is 5.75 Å². The molecule has 0 radical (unpaired) electrons. The third-order valence-corrected chi connectivity index (χ3v) is 5.51. The number of alkyl halides is 2. The minimum atomic E-state index is -2.80. The van der Waals surface area contributed by atoms with Crippen LogP contribution in [0.2, 0.25) is 0 Å². The number of benzene rings is 2. The smallest absolute Gasteiger partial charge is 0.387 e. The molecule has 2 aliphatic heterocycles. The molecule has 1 atom stereocenters. The molecule has 2 aromatic carbocycles. The minimum absolute atomic E-state index is 0.296. The largest absolute Gasteiger partial charge is 0.434 e. The highest BCUT2D eigenvalue weighted by molar-refractivity contribution is 5.87. The molecular formula is C20H25F2N3O. The van der Waals surface area contributed by atoms with Gasteiger partial charge >= 0.3 is 6.61 Å². The van der Waals surface area contributed by atoms with E-state index in [1.807, 2.05) is 30.3 Å². The fraction of sp³-hybridized carbons (Fsp3) is 0.500. The average molecular weight is 361 g/mol. The highest BCUT2D eigenvalue weighted by Crippen LogP contribution is 2.31. The predicted molar refractivity (Wildman–Crippen MR) is 98.7 cm³/mol. The summed E-state index contributed by atoms with van der Waals surface area (Å²) < 4.78 is 30.6. The third kappa shape index (κ3) is 3.82. The van der Waals surface area contributed by atoms with E-state index in [0.29, 0.717) is 18.3 Å². The molecule has 2 aliphatic rings. The van der Waals surface area contributed by atoms with Gasteiger partial charge in [-0.1, -0.05) is 30.3 Å². The summed E-state index contributed by atoms with van der Waals surface area (Å²) in [6, 6.07) is 12.0. The molecule has 0 aliphatic carbocycles. The van der Waals surface area contributed by atoms with Gasteiger partial charge in [0.1, 0.15) is 5.75 Å². The van der Waals surface area contributed by atoms with Crippen LogP contribution in [0.5, 0.6) is 5.75 Å². The molecule has 6 heteroatoms. The van der Waals surface area contributed by atoms with Crippen LogP contribution in [-0.4, -0.2) is 61.7 Å². The van der Waals surface area contributed by atoms with Crippen molar-refractivity contribution >= 4 is 10.8 Å². The van der Waals surface area contributed by atoms with E-state index < -0.39 is 6.61 Å². The van der Waals surface area contributed by atoms with Crippen LogP contribution in [0.1, 0.15) is 12.0 Å². The van der Waals surface area contributed by atoms with Crippen LogP contribution in [-0.2, 0) is 6.54 Å². The molecule has 26 heavy (non-hydrogen) atoms. The first-order valence-electron chi connectivity index (χ1n) is 9.33. The van der Waals surface area contributed by atoms with E-state index in [2.05, 4.69) is 15.1 Å². The highest BCUT2D eigenvalue weighted by Gasteiger charge is 2.29. The van der Waals surface area contributed by atoms with Gasteiger partial charge in [-0.15, -0.1) is 0 Å². The van der Waals surface area contributed by atoms with Crippen LogP contribution in [0.25, 0.3) is 10.8 Å². The summed E-state index contributed by atoms with van der Waals surface area (Å²) in [5, 5.41) is 5.45. The summed E-state index contributed by atoms with van der Waals surface area (Å²) in [5.74, 6) is 0.296. The summed E-state index contributed by atoms with van der Waals surface area (Å²) in [6.07, 6.45) is 1.13. The van der Waals surface area contributed by atoms with Crippen molar-refractivity contribution in [1.29, 1.82) is 0 Å². The Morgan fingerprint density at radius 3 is 2.69 bits per heavy atom. The van der Waals surface area contributed by atoms with Crippen LogP contribution in [0.4, 0.5) is 8.78 Å². The van der Waals surface area contributed by atoms with E-state index in [1.54, 1.807) is 6.07 Å². The van der Waals surface area contributed by atoms with Crippen molar-refractivity contribution in [1.82, 2.24) is 15.1 Å². The maximum absolute atomic E-state index is 12.9. The zero-order chi connectivity index (χ0) is 17.9. The molecule has 4 nitrogen and oxygen atoms in total. The molecule has 1 unspecified atom stereocenters. The molecule has 2 heterocycles. The molecule has 4 rings (SSSR count). The Morgan fingerprint density at radius 1 is 1.08 bits per heavy atom. The van der Waals surface area contributed by atoms with Gasteiger partial charge in [0.15, 0.2) is 0 Å². The molecule has 2 saturated heterocycles. The number of hydrogen-bond donors (Lipinski definition) is 1. The molecule has 0 spiro atoms. The number of hydrogen-bond acceptors (Lipinski definition) is 4. The van der Waals surface area contributed by atoms with Crippen LogP contribution >= 0.6 is 0 Å². The Morgan fingerprint density at radius 2 is 1.88 bits per heavy atom. The van der Waals surface area contributed by atoms with Crippen molar-refractivity contribution in [3.63, 3.8) is 0 Å². The Labute approximate surface area is 152 Å². The van der Waals surface area contributed by atoms with E-state index in [4.69, 9.17) is 4.74 Å². The fourth-order valence-corrected chi connectivity index (χ4v) is 4.21. The lowest BCUT2D eigenvalue weighted by atomic mass is 10.0. The molecule has 1 N–H and O–H groups in total. The molecule has 0 amide bonds. The number of piperazine rings is 1. The molecule has 140 valence electrons. The van der Waals surface area contributed by atoms with Crippen LogP contribution in [0.15, 0.2) is 36.4 Å². The Hall–Kier alpha value is -1.76. The fourth-order valence-electron chi connectivity index (χ4n) is 4.21. The first-order valence-corrected chi connectivity index (χ1v) is 9.33. The second-order valence-electron chi connectivity index (χ2n) is 7.11. The van der Waals surface area contributed by atoms with Crippen molar-refractivity contribution in [2.75, 3.05) is 39.3 Å². The number of nitrogens with one attached hydrogen (secondary N) is 1. The molecule has 0 bridgehead atoms. The summed E-state index contributed by atoms with van der Waals surface area (Å²) in [4.78, 5) is 4.92. The Kier molecular flexibility index (Phi) is 5.33. The second kappa shape index (κ2) is 7.86. The quantitative estimate of drug-likeness (QED) is 0.886. The van der Waals surface area contributed by atoms with Crippen molar-refractivity contribution in [3.05, 3.63) is 42.0 Å². The summed E-state index contributed by atoms with van der Waals surface area (Å²) in [6.45, 7) is 4.09. The highest BCUT2D eigenvalue weighted by atomic mass is 19.3. The molecular weight excluding hydrogens is 336 g/mol. The van der Waals surface area contributed by atoms with E-state index in [0.717, 1.165) is 62.0 Å². The number of fused-ring (bicyclic) bond motifs is 1. The van der Waals surface area contributed by atoms with E-state index in [9.17, 15) is 8.78 Å². The van der Waals surface area contributed by atoms with Crippen LogP contribution in [0.3, 0.4) is 0 Å². The van der Waals surface area contributed by atoms with Gasteiger partial charge in [-0.3, -0.25) is 9.80 Å². The summed E-state index contributed by atoms with van der Waals surface area (Å²) in [7, 11) is 0. The normalized spacial score (nSPS) is 22.3. The third-order valence-electron chi connectivity index (χ3n) is 5.51. The zero-order valence-electron chi connectivity index (χ0n) is 14.8. The van der Waals surface area contributed by atoms with Gasteiger partial charge in [-0.05, 0) is 23.3 Å². The van der Waals surface area contributed by atoms with Crippen LogP contribution < -0.4 is 10.1 Å². The second-order valence-corrected chi connectivity index (χ2v) is 7.11. The number of halogens is 2. The topological polar surface area (TPSA) is 27.7 Å². The number of nitrogens with zero attached hydrogens (tertiary/aromatic N) is 2. The van der Waals surface area contributed by atoms with Gasteiger partial charge in [0.05, 0.1) is 0 Å². The molecule has 2 aromatic rings. The molecule has 0 aromatic heterocycles. The maximum Gasteiger partial charge on any atom is 0.387 e. The van der Waals surface area contributed by atoms with Gasteiger partial charge in [-0.2, -0.15) is 8.78 Å². The maximum atomic E-state index is 12.9. The lowest BCUT2D eigenvalue weighted by Gasteiger charge is -2.32. The Bertz CT molecular complexity index is 749. The zero-order valence-corrected chi connectivity index (χ0v) is 14.8. The minimum Gasteiger partial charge on any atom is -0.434 e. The van der Waals surface area contributed by atoms with Gasteiger partial charge in [0.25, 0.3) is 0 Å². The van der Waals surface area contributed by atoms with Crippen molar-refractivity contribution in [2.45, 2.75) is 25.6 Å². The number of likely N-dealkylation sites (tertiary alicyclic amines) is 1.